The molecule has 0 aromatic carbocycles. The Kier molecular flexibility index (Phi) is 6.75. The van der Waals surface area contributed by atoms with Crippen LogP contribution in [0.1, 0.15) is 6.42 Å². The van der Waals surface area contributed by atoms with E-state index in [-0.39, 0.29) is 18.8 Å². The molecule has 0 radical (unpaired) electrons. The van der Waals surface area contributed by atoms with Crippen LogP contribution in [-0.2, 0) is 10.7 Å². The number of thioether (sulfide) groups is 1. The first-order chi connectivity index (χ1) is 8.75. The van der Waals surface area contributed by atoms with Crippen molar-refractivity contribution in [1.29, 1.82) is 0 Å². The van der Waals surface area contributed by atoms with Crippen LogP contribution < -0.4 is 17.0 Å². The molecule has 2 aromatic rings. The molecule has 0 spiro atoms. The molecule has 0 saturated carbocycles. The fraction of sp³-hybridized carbons (Fsp3) is 0.273. The van der Waals surface area contributed by atoms with Gasteiger partial charge in [0.25, 0.3) is 0 Å². The van der Waals surface area contributed by atoms with Gasteiger partial charge in [0.1, 0.15) is 11.3 Å². The molecule has 0 aliphatic heterocycles. The molecule has 0 saturated heterocycles. The van der Waals surface area contributed by atoms with Crippen molar-refractivity contribution in [3.63, 3.8) is 0 Å². The molecule has 0 fully saturated rings. The van der Waals surface area contributed by atoms with E-state index < -0.39 is 5.97 Å². The first kappa shape index (κ1) is 15.9. The predicted molar refractivity (Wildman–Crippen MR) is 70.3 cm³/mol. The second-order valence-electron chi connectivity index (χ2n) is 3.53. The summed E-state index contributed by atoms with van der Waals surface area (Å²) in [7, 11) is 0. The Morgan fingerprint density at radius 3 is 2.74 bits per heavy atom. The largest absolute Gasteiger partial charge is 1.00 e. The molecule has 8 heteroatoms. The van der Waals surface area contributed by atoms with E-state index in [1.54, 1.807) is 18.1 Å². The first-order valence-electron chi connectivity index (χ1n) is 5.31. The highest BCUT2D eigenvalue weighted by Gasteiger charge is 2.05. The lowest BCUT2D eigenvalue weighted by atomic mass is 10.3. The number of rotatable bonds is 6. The van der Waals surface area contributed by atoms with Crippen molar-refractivity contribution < 1.29 is 26.9 Å². The number of carbonyl (C=O) groups is 1. The molecule has 0 bridgehead atoms. The van der Waals surface area contributed by atoms with Gasteiger partial charge in [0.2, 0.25) is 0 Å². The van der Waals surface area contributed by atoms with Crippen LogP contribution in [0.2, 0.25) is 0 Å². The summed E-state index contributed by atoms with van der Waals surface area (Å²) in [6.07, 6.45) is 5.67. The van der Waals surface area contributed by atoms with Gasteiger partial charge in [0, 0.05) is 23.4 Å². The third-order valence-electron chi connectivity index (χ3n) is 2.20. The van der Waals surface area contributed by atoms with Gasteiger partial charge in [-0.25, -0.2) is 4.98 Å². The normalized spacial score (nSPS) is 9.89. The Hall–Kier alpha value is -1.18. The van der Waals surface area contributed by atoms with Crippen molar-refractivity contribution in [3.05, 3.63) is 30.9 Å². The quantitative estimate of drug-likeness (QED) is 0.528. The molecule has 2 aromatic heterocycles. The summed E-state index contributed by atoms with van der Waals surface area (Å²) < 4.78 is 5.97. The molecule has 0 atom stereocenters. The van der Waals surface area contributed by atoms with Crippen LogP contribution in [-0.4, -0.2) is 26.2 Å². The molecule has 0 unspecified atom stereocenters. The highest BCUT2D eigenvalue weighted by atomic mass is 35.5. The van der Waals surface area contributed by atoms with Gasteiger partial charge in [0.05, 0.1) is 6.42 Å². The zero-order chi connectivity index (χ0) is 12.8. The topological polar surface area (TPSA) is 67.0 Å². The Balaban J connectivity index is 0.00000180. The third kappa shape index (κ3) is 5.14. The zero-order valence-corrected chi connectivity index (χ0v) is 12.3. The number of pyridine rings is 1. The number of hydrogen-bond donors (Lipinski definition) is 1. The van der Waals surface area contributed by atoms with Gasteiger partial charge in [-0.05, 0) is 11.5 Å². The molecule has 0 amide bonds. The number of aliphatic carboxylic acids is 1. The van der Waals surface area contributed by atoms with Crippen molar-refractivity contribution in [1.82, 2.24) is 9.36 Å². The van der Waals surface area contributed by atoms with Crippen LogP contribution >= 0.6 is 23.3 Å². The highest BCUT2D eigenvalue weighted by molar-refractivity contribution is 7.98. The predicted octanol–water partition coefficient (Wildman–Crippen LogP) is -1.34. The smallest absolute Gasteiger partial charge is 0.304 e. The monoisotopic (exact) mass is 317 g/mol. The summed E-state index contributed by atoms with van der Waals surface area (Å²) in [6.45, 7) is 0. The average molecular weight is 318 g/mol. The van der Waals surface area contributed by atoms with Crippen molar-refractivity contribution in [2.24, 2.45) is 0 Å². The van der Waals surface area contributed by atoms with Crippen LogP contribution in [0.4, 0.5) is 0 Å². The van der Waals surface area contributed by atoms with E-state index in [1.807, 2.05) is 29.1 Å². The average Bonchev–Trinajstić information content (AvgIpc) is 2.89. The number of carboxylic acids is 1. The van der Waals surface area contributed by atoms with Gasteiger partial charge in [-0.15, -0.1) is 0 Å². The maximum Gasteiger partial charge on any atom is 0.304 e. The number of halogens is 1. The second-order valence-corrected chi connectivity index (χ2v) is 5.38. The molecule has 19 heavy (non-hydrogen) atoms. The molecule has 2 heterocycles. The molecular weight excluding hydrogens is 306 g/mol. The van der Waals surface area contributed by atoms with Crippen LogP contribution in [0.25, 0.3) is 10.6 Å². The summed E-state index contributed by atoms with van der Waals surface area (Å²) in [5.41, 5.74) is 1.05. The second kappa shape index (κ2) is 8.08. The van der Waals surface area contributed by atoms with Crippen LogP contribution in [0, 0.1) is 0 Å². The molecule has 5 nitrogen and oxygen atoms in total. The highest BCUT2D eigenvalue weighted by Crippen LogP contribution is 2.17. The third-order valence-corrected chi connectivity index (χ3v) is 3.89. The fourth-order valence-corrected chi connectivity index (χ4v) is 2.68. The van der Waals surface area contributed by atoms with Crippen molar-refractivity contribution in [2.75, 3.05) is 5.75 Å². The maximum absolute atomic E-state index is 10.4. The number of hydrogen-bond acceptors (Lipinski definition) is 5. The minimum Gasteiger partial charge on any atom is -1.00 e. The minimum atomic E-state index is -0.751. The molecule has 1 N–H and O–H groups in total. The molecule has 0 aliphatic carbocycles. The van der Waals surface area contributed by atoms with Gasteiger partial charge < -0.3 is 17.5 Å². The van der Waals surface area contributed by atoms with Gasteiger partial charge in [-0.2, -0.15) is 8.94 Å². The first-order valence-corrected chi connectivity index (χ1v) is 7.24. The van der Waals surface area contributed by atoms with Crippen LogP contribution in [0.5, 0.6) is 0 Å². The van der Waals surface area contributed by atoms with Crippen LogP contribution in [0.3, 0.4) is 0 Å². The molecule has 102 valence electrons. The van der Waals surface area contributed by atoms with Crippen LogP contribution in [0.15, 0.2) is 30.9 Å². The fourth-order valence-electron chi connectivity index (χ4n) is 1.32. The summed E-state index contributed by atoms with van der Waals surface area (Å²) in [4.78, 5) is 14.5. The van der Waals surface area contributed by atoms with Gasteiger partial charge in [0.15, 0.2) is 18.3 Å². The van der Waals surface area contributed by atoms with Gasteiger partial charge in [-0.3, -0.25) is 4.79 Å². The maximum atomic E-state index is 10.4. The summed E-state index contributed by atoms with van der Waals surface area (Å²) in [5, 5.41) is 9.42. The SMILES string of the molecule is O=C(O)CCSC[n+]1ccc(-c2ncns2)cc1.[Cl-]. The van der Waals surface area contributed by atoms with E-state index in [1.165, 1.54) is 11.5 Å². The number of aromatic nitrogens is 3. The van der Waals surface area contributed by atoms with Crippen molar-refractivity contribution >= 4 is 29.3 Å². The molecular formula is C11H12ClN3O2S2. The van der Waals surface area contributed by atoms with E-state index in [4.69, 9.17) is 5.11 Å². The summed E-state index contributed by atoms with van der Waals surface area (Å²) in [6, 6.07) is 3.97. The lowest BCUT2D eigenvalue weighted by Gasteiger charge is -1.97. The van der Waals surface area contributed by atoms with E-state index in [9.17, 15) is 4.79 Å². The Labute approximate surface area is 125 Å². The van der Waals surface area contributed by atoms with Crippen molar-refractivity contribution in [3.8, 4) is 10.6 Å². The van der Waals surface area contributed by atoms with E-state index in [0.29, 0.717) is 5.75 Å². The minimum absolute atomic E-state index is 0. The molecule has 0 aliphatic rings. The number of nitrogens with zero attached hydrogens (tertiary/aromatic N) is 3. The Morgan fingerprint density at radius 2 is 2.16 bits per heavy atom. The van der Waals surface area contributed by atoms with E-state index in [2.05, 4.69) is 9.36 Å². The standard InChI is InChI=1S/C11H11N3O2S2.ClH/c15-10(16)3-6-17-8-14-4-1-9(2-5-14)11-12-7-13-18-11;/h1-2,4-5,7H,3,6,8H2;1H. The number of carboxylic acid groups (broad SMARTS) is 1. The van der Waals surface area contributed by atoms with Crippen molar-refractivity contribution in [2.45, 2.75) is 12.3 Å². The van der Waals surface area contributed by atoms with Gasteiger partial charge >= 0.3 is 5.97 Å². The lowest BCUT2D eigenvalue weighted by Crippen LogP contribution is -3.00. The zero-order valence-electron chi connectivity index (χ0n) is 9.90. The Bertz CT molecular complexity index is 505. The summed E-state index contributed by atoms with van der Waals surface area (Å²) in [5.74, 6) is 0.628. The van der Waals surface area contributed by atoms with E-state index in [0.717, 1.165) is 16.4 Å². The van der Waals surface area contributed by atoms with E-state index >= 15 is 0 Å². The van der Waals surface area contributed by atoms with Gasteiger partial charge in [-0.1, -0.05) is 11.8 Å². The summed E-state index contributed by atoms with van der Waals surface area (Å²) >= 11 is 2.96. The molecule has 2 rings (SSSR count). The lowest BCUT2D eigenvalue weighted by molar-refractivity contribution is -0.675. The Morgan fingerprint density at radius 1 is 1.42 bits per heavy atom.